The average molecular weight is 498 g/mol. The number of hydrogen-bond donors (Lipinski definition) is 0. The van der Waals surface area contributed by atoms with Gasteiger partial charge in [0.25, 0.3) is 5.91 Å². The summed E-state index contributed by atoms with van der Waals surface area (Å²) in [7, 11) is 4.69. The molecule has 2 aromatic rings. The van der Waals surface area contributed by atoms with Gasteiger partial charge in [-0.1, -0.05) is 24.6 Å². The van der Waals surface area contributed by atoms with Crippen LogP contribution < -0.4 is 9.47 Å². The Labute approximate surface area is 210 Å². The van der Waals surface area contributed by atoms with Gasteiger partial charge in [0, 0.05) is 26.0 Å². The fraction of sp³-hybridized carbons (Fsp3) is 0.444. The maximum atomic E-state index is 13.6. The molecule has 2 aromatic carbocycles. The molecule has 2 aliphatic rings. The van der Waals surface area contributed by atoms with Gasteiger partial charge < -0.3 is 19.1 Å². The number of rotatable bonds is 10. The summed E-state index contributed by atoms with van der Waals surface area (Å²) < 4.78 is 29.5. The van der Waals surface area contributed by atoms with Crippen molar-refractivity contribution in [3.8, 4) is 11.5 Å². The maximum Gasteiger partial charge on any atom is 0.262 e. The lowest BCUT2D eigenvalue weighted by molar-refractivity contribution is -0.146. The molecule has 8 nitrogen and oxygen atoms in total. The van der Waals surface area contributed by atoms with E-state index in [2.05, 4.69) is 5.10 Å². The summed E-state index contributed by atoms with van der Waals surface area (Å²) >= 11 is 0. The predicted molar refractivity (Wildman–Crippen MR) is 132 cm³/mol. The summed E-state index contributed by atoms with van der Waals surface area (Å²) in [6, 6.07) is 11.1. The molecule has 0 unspecified atom stereocenters. The van der Waals surface area contributed by atoms with E-state index in [9.17, 15) is 14.0 Å². The fourth-order valence-corrected chi connectivity index (χ4v) is 4.49. The maximum absolute atomic E-state index is 13.6. The molecule has 0 aromatic heterocycles. The quantitative estimate of drug-likeness (QED) is 0.499. The van der Waals surface area contributed by atoms with Crippen molar-refractivity contribution in [1.29, 1.82) is 0 Å². The van der Waals surface area contributed by atoms with E-state index in [1.165, 1.54) is 17.1 Å². The molecule has 1 heterocycles. The predicted octanol–water partition coefficient (Wildman–Crippen LogP) is 3.80. The largest absolute Gasteiger partial charge is 0.493 e. The zero-order chi connectivity index (χ0) is 25.7. The molecule has 1 fully saturated rings. The molecule has 1 aliphatic carbocycles. The smallest absolute Gasteiger partial charge is 0.262 e. The van der Waals surface area contributed by atoms with Crippen LogP contribution in [0.3, 0.4) is 0 Å². The molecule has 1 aliphatic heterocycles. The Morgan fingerprint density at radius 2 is 1.78 bits per heavy atom. The minimum absolute atomic E-state index is 0.0174. The fourth-order valence-electron chi connectivity index (χ4n) is 4.49. The Hall–Kier alpha value is -3.46. The van der Waals surface area contributed by atoms with E-state index < -0.39 is 6.04 Å². The molecule has 1 atom stereocenters. The van der Waals surface area contributed by atoms with Crippen LogP contribution in [0, 0.1) is 11.7 Å². The van der Waals surface area contributed by atoms with Crippen molar-refractivity contribution in [1.82, 2.24) is 9.91 Å². The van der Waals surface area contributed by atoms with Gasteiger partial charge in [0.1, 0.15) is 12.4 Å². The van der Waals surface area contributed by atoms with Crippen molar-refractivity contribution < 1.29 is 28.2 Å². The summed E-state index contributed by atoms with van der Waals surface area (Å²) in [6.07, 6.45) is 3.16. The molecule has 9 heteroatoms. The topological polar surface area (TPSA) is 80.7 Å². The Kier molecular flexibility index (Phi) is 8.20. The number of hydrogen-bond acceptors (Lipinski definition) is 6. The van der Waals surface area contributed by atoms with Crippen molar-refractivity contribution in [3.63, 3.8) is 0 Å². The van der Waals surface area contributed by atoms with Gasteiger partial charge in [-0.2, -0.15) is 5.10 Å². The highest BCUT2D eigenvalue weighted by molar-refractivity contribution is 6.03. The number of halogens is 1. The molecule has 0 saturated heterocycles. The summed E-state index contributed by atoms with van der Waals surface area (Å²) in [5, 5.41) is 6.09. The normalized spacial score (nSPS) is 17.4. The van der Waals surface area contributed by atoms with Crippen LogP contribution in [0.1, 0.15) is 42.9 Å². The van der Waals surface area contributed by atoms with Gasteiger partial charge in [-0.25, -0.2) is 9.40 Å². The first-order valence-corrected chi connectivity index (χ1v) is 12.1. The zero-order valence-electron chi connectivity index (χ0n) is 20.9. The molecule has 2 amide bonds. The number of ether oxygens (including phenoxy) is 3. The Morgan fingerprint density at radius 3 is 2.39 bits per heavy atom. The third kappa shape index (κ3) is 5.51. The van der Waals surface area contributed by atoms with Gasteiger partial charge in [-0.15, -0.1) is 0 Å². The minimum atomic E-state index is -0.416. The average Bonchev–Trinajstić information content (AvgIpc) is 3.31. The highest BCUT2D eigenvalue weighted by Crippen LogP contribution is 2.37. The Balaban J connectivity index is 1.63. The highest BCUT2D eigenvalue weighted by Gasteiger charge is 2.36. The van der Waals surface area contributed by atoms with Gasteiger partial charge >= 0.3 is 0 Å². The second-order valence-electron chi connectivity index (χ2n) is 9.01. The van der Waals surface area contributed by atoms with Crippen molar-refractivity contribution >= 4 is 17.5 Å². The van der Waals surface area contributed by atoms with Crippen molar-refractivity contribution in [3.05, 3.63) is 59.4 Å². The Morgan fingerprint density at radius 1 is 1.06 bits per heavy atom. The van der Waals surface area contributed by atoms with E-state index in [0.717, 1.165) is 30.4 Å². The van der Waals surface area contributed by atoms with Crippen LogP contribution in [0.4, 0.5) is 4.39 Å². The molecule has 0 N–H and O–H groups in total. The van der Waals surface area contributed by atoms with Crippen LogP contribution in [0.25, 0.3) is 0 Å². The first-order chi connectivity index (χ1) is 17.4. The van der Waals surface area contributed by atoms with Gasteiger partial charge in [0.15, 0.2) is 11.5 Å². The number of carbonyl (C=O) groups excluding carboxylic acids is 2. The number of benzene rings is 2. The molecule has 192 valence electrons. The van der Waals surface area contributed by atoms with Gasteiger partial charge in [0.05, 0.1) is 32.6 Å². The number of hydrazone groups is 1. The summed E-state index contributed by atoms with van der Waals surface area (Å²) in [5.74, 6) is 0.429. The van der Waals surface area contributed by atoms with Crippen LogP contribution in [-0.4, -0.2) is 68.5 Å². The Bertz CT molecular complexity index is 1120. The third-order valence-corrected chi connectivity index (χ3v) is 6.79. The lowest BCUT2D eigenvalue weighted by Gasteiger charge is -2.32. The minimum Gasteiger partial charge on any atom is -0.493 e. The first kappa shape index (κ1) is 25.6. The highest BCUT2D eigenvalue weighted by atomic mass is 19.1. The molecule has 0 radical (unpaired) electrons. The lowest BCUT2D eigenvalue weighted by Crippen LogP contribution is -2.46. The van der Waals surface area contributed by atoms with Crippen LogP contribution in [0.15, 0.2) is 47.6 Å². The zero-order valence-corrected chi connectivity index (χ0v) is 20.9. The molecule has 1 saturated carbocycles. The van der Waals surface area contributed by atoms with Crippen LogP contribution >= 0.6 is 0 Å². The third-order valence-electron chi connectivity index (χ3n) is 6.79. The molecule has 36 heavy (non-hydrogen) atoms. The van der Waals surface area contributed by atoms with E-state index in [0.29, 0.717) is 36.8 Å². The molecular formula is C27H32FN3O5. The summed E-state index contributed by atoms with van der Waals surface area (Å²) in [4.78, 5) is 28.2. The van der Waals surface area contributed by atoms with E-state index in [4.69, 9.17) is 14.2 Å². The second-order valence-corrected chi connectivity index (χ2v) is 9.01. The van der Waals surface area contributed by atoms with Gasteiger partial charge in [0.2, 0.25) is 5.91 Å². The van der Waals surface area contributed by atoms with E-state index in [1.54, 1.807) is 44.4 Å². The van der Waals surface area contributed by atoms with Crippen molar-refractivity contribution in [2.75, 3.05) is 41.0 Å². The van der Waals surface area contributed by atoms with Crippen LogP contribution in [0.5, 0.6) is 11.5 Å². The van der Waals surface area contributed by atoms with Crippen LogP contribution in [0.2, 0.25) is 0 Å². The first-order valence-electron chi connectivity index (χ1n) is 12.1. The van der Waals surface area contributed by atoms with E-state index >= 15 is 0 Å². The van der Waals surface area contributed by atoms with Gasteiger partial charge in [-0.3, -0.25) is 9.59 Å². The van der Waals surface area contributed by atoms with E-state index in [1.807, 2.05) is 12.1 Å². The lowest BCUT2D eigenvalue weighted by atomic mass is 9.84. The monoisotopic (exact) mass is 497 g/mol. The molecular weight excluding hydrogens is 465 g/mol. The second kappa shape index (κ2) is 11.5. The molecule has 0 spiro atoms. The summed E-state index contributed by atoms with van der Waals surface area (Å²) in [6.45, 7) is 0.582. The van der Waals surface area contributed by atoms with Crippen molar-refractivity contribution in [2.45, 2.75) is 31.7 Å². The number of nitrogens with zero attached hydrogens (tertiary/aromatic N) is 3. The van der Waals surface area contributed by atoms with Gasteiger partial charge in [-0.05, 0) is 48.2 Å². The number of methoxy groups -OCH3 is 3. The van der Waals surface area contributed by atoms with E-state index in [-0.39, 0.29) is 30.1 Å². The van der Waals surface area contributed by atoms with Crippen molar-refractivity contribution in [2.24, 2.45) is 11.0 Å². The number of amides is 2. The standard InChI is InChI=1S/C27H32FN3O5/c1-34-14-13-30(27(33)19-5-4-6-19)17-26(32)31-23(20-9-12-24(35-2)25(15-20)36-3)16-22(29-31)18-7-10-21(28)11-8-18/h7-12,15,19,23H,4-6,13-14,16-17H2,1-3H3/t23-/m1/s1. The number of carbonyl (C=O) groups is 2. The summed E-state index contributed by atoms with van der Waals surface area (Å²) in [5.41, 5.74) is 2.21. The molecule has 0 bridgehead atoms. The van der Waals surface area contributed by atoms with Crippen LogP contribution in [-0.2, 0) is 14.3 Å². The molecule has 4 rings (SSSR count). The SMILES string of the molecule is COCCN(CC(=O)N1N=C(c2ccc(F)cc2)C[C@@H]1c1ccc(OC)c(OC)c1)C(=O)C1CCC1.